The Bertz CT molecular complexity index is 557. The summed E-state index contributed by atoms with van der Waals surface area (Å²) >= 11 is 0. The highest BCUT2D eigenvalue weighted by atomic mass is 32.2. The van der Waals surface area contributed by atoms with Crippen molar-refractivity contribution in [3.05, 3.63) is 29.8 Å². The van der Waals surface area contributed by atoms with Gasteiger partial charge in [-0.05, 0) is 30.9 Å². The fourth-order valence-corrected chi connectivity index (χ4v) is 4.58. The van der Waals surface area contributed by atoms with E-state index in [1.807, 2.05) is 0 Å². The van der Waals surface area contributed by atoms with Crippen LogP contribution in [0.1, 0.15) is 42.5 Å². The van der Waals surface area contributed by atoms with Gasteiger partial charge < -0.3 is 5.11 Å². The highest BCUT2D eigenvalue weighted by molar-refractivity contribution is 7.91. The van der Waals surface area contributed by atoms with E-state index in [1.54, 1.807) is 12.1 Å². The number of carboxylic acid groups (broad SMARTS) is 1. The van der Waals surface area contributed by atoms with Crippen molar-refractivity contribution < 1.29 is 18.3 Å². The van der Waals surface area contributed by atoms with Crippen LogP contribution in [0.15, 0.2) is 29.2 Å². The lowest BCUT2D eigenvalue weighted by atomic mass is 9.91. The zero-order valence-electron chi connectivity index (χ0n) is 10.7. The highest BCUT2D eigenvalue weighted by Crippen LogP contribution is 2.28. The minimum Gasteiger partial charge on any atom is -0.478 e. The third-order valence-electron chi connectivity index (χ3n) is 3.63. The quantitative estimate of drug-likeness (QED) is 0.921. The smallest absolute Gasteiger partial charge is 0.337 e. The summed E-state index contributed by atoms with van der Waals surface area (Å²) in [5, 5.41) is 9.07. The predicted octanol–water partition coefficient (Wildman–Crippen LogP) is 2.74. The van der Waals surface area contributed by atoms with Gasteiger partial charge in [0.05, 0.1) is 16.2 Å². The molecular weight excluding hydrogens is 264 g/mol. The minimum absolute atomic E-state index is 0.0481. The molecular formula is C14H18O4S. The molecule has 0 bridgehead atoms. The molecule has 0 saturated heterocycles. The molecule has 1 aromatic rings. The minimum atomic E-state index is -3.52. The van der Waals surface area contributed by atoms with Crippen LogP contribution in [0, 0.1) is 5.92 Å². The summed E-state index contributed by atoms with van der Waals surface area (Å²) in [4.78, 5) is 11.0. The zero-order valence-corrected chi connectivity index (χ0v) is 11.5. The van der Waals surface area contributed by atoms with Crippen LogP contribution in [-0.2, 0) is 9.84 Å². The van der Waals surface area contributed by atoms with E-state index in [-0.39, 0.29) is 22.1 Å². The van der Waals surface area contributed by atoms with Gasteiger partial charge in [-0.3, -0.25) is 0 Å². The number of hydrogen-bond donors (Lipinski definition) is 1. The standard InChI is InChI=1S/C14H18O4S/c15-14(16)12-8-4-5-9-13(12)19(17,18)10-11-6-2-1-3-7-11/h4-5,8-9,11H,1-3,6-7,10H2,(H,15,16). The van der Waals surface area contributed by atoms with Crippen LogP contribution in [0.3, 0.4) is 0 Å². The predicted molar refractivity (Wildman–Crippen MR) is 72.0 cm³/mol. The van der Waals surface area contributed by atoms with Gasteiger partial charge in [0.2, 0.25) is 0 Å². The van der Waals surface area contributed by atoms with Crippen LogP contribution in [-0.4, -0.2) is 25.2 Å². The van der Waals surface area contributed by atoms with E-state index in [2.05, 4.69) is 0 Å². The van der Waals surface area contributed by atoms with Gasteiger partial charge in [0, 0.05) is 0 Å². The average Bonchev–Trinajstić information content (AvgIpc) is 2.39. The Labute approximate surface area is 113 Å². The normalized spacial score (nSPS) is 17.3. The van der Waals surface area contributed by atoms with Gasteiger partial charge >= 0.3 is 5.97 Å². The van der Waals surface area contributed by atoms with Crippen molar-refractivity contribution in [1.82, 2.24) is 0 Å². The van der Waals surface area contributed by atoms with Crippen LogP contribution in [0.5, 0.6) is 0 Å². The molecule has 0 atom stereocenters. The van der Waals surface area contributed by atoms with Crippen molar-refractivity contribution in [1.29, 1.82) is 0 Å². The van der Waals surface area contributed by atoms with E-state index in [0.29, 0.717) is 0 Å². The molecule has 5 heteroatoms. The lowest BCUT2D eigenvalue weighted by Crippen LogP contribution is -2.20. The van der Waals surface area contributed by atoms with Crippen LogP contribution in [0.25, 0.3) is 0 Å². The number of sulfone groups is 1. The first-order valence-electron chi connectivity index (χ1n) is 6.56. The summed E-state index contributed by atoms with van der Waals surface area (Å²) in [6.07, 6.45) is 5.16. The number of hydrogen-bond acceptors (Lipinski definition) is 3. The molecule has 2 rings (SSSR count). The van der Waals surface area contributed by atoms with Gasteiger partial charge in [-0.25, -0.2) is 13.2 Å². The monoisotopic (exact) mass is 282 g/mol. The third kappa shape index (κ3) is 3.35. The van der Waals surface area contributed by atoms with Crippen LogP contribution < -0.4 is 0 Å². The second kappa shape index (κ2) is 5.74. The molecule has 1 N–H and O–H groups in total. The Morgan fingerprint density at radius 1 is 1.16 bits per heavy atom. The van der Waals surface area contributed by atoms with Crippen LogP contribution in [0.2, 0.25) is 0 Å². The summed E-state index contributed by atoms with van der Waals surface area (Å²) < 4.78 is 24.7. The number of carboxylic acids is 1. The summed E-state index contributed by atoms with van der Waals surface area (Å²) in [7, 11) is -3.52. The first-order valence-corrected chi connectivity index (χ1v) is 8.21. The topological polar surface area (TPSA) is 71.4 Å². The Balaban J connectivity index is 2.26. The number of rotatable bonds is 4. The fourth-order valence-electron chi connectivity index (χ4n) is 2.67. The molecule has 0 radical (unpaired) electrons. The van der Waals surface area contributed by atoms with Gasteiger partial charge in [-0.15, -0.1) is 0 Å². The largest absolute Gasteiger partial charge is 0.478 e. The van der Waals surface area contributed by atoms with E-state index in [0.717, 1.165) is 25.7 Å². The average molecular weight is 282 g/mol. The van der Waals surface area contributed by atoms with E-state index in [9.17, 15) is 13.2 Å². The zero-order chi connectivity index (χ0) is 13.9. The summed E-state index contributed by atoms with van der Waals surface area (Å²) in [5.74, 6) is -0.958. The molecule has 0 spiro atoms. The van der Waals surface area contributed by atoms with Gasteiger partial charge in [0.1, 0.15) is 0 Å². The fraction of sp³-hybridized carbons (Fsp3) is 0.500. The number of carbonyl (C=O) groups is 1. The molecule has 1 fully saturated rings. The van der Waals surface area contributed by atoms with Crippen molar-refractivity contribution >= 4 is 15.8 Å². The maximum atomic E-state index is 12.4. The molecule has 0 aromatic heterocycles. The molecule has 0 amide bonds. The van der Waals surface area contributed by atoms with Crippen molar-refractivity contribution in [2.75, 3.05) is 5.75 Å². The molecule has 1 aliphatic carbocycles. The molecule has 4 nitrogen and oxygen atoms in total. The van der Waals surface area contributed by atoms with E-state index in [1.165, 1.54) is 18.6 Å². The molecule has 0 heterocycles. The van der Waals surface area contributed by atoms with Crippen LogP contribution >= 0.6 is 0 Å². The van der Waals surface area contributed by atoms with E-state index < -0.39 is 15.8 Å². The van der Waals surface area contributed by atoms with Gasteiger partial charge in [-0.1, -0.05) is 31.4 Å². The maximum absolute atomic E-state index is 12.4. The molecule has 1 aliphatic rings. The first-order chi connectivity index (χ1) is 9.00. The third-order valence-corrected chi connectivity index (χ3v) is 5.57. The van der Waals surface area contributed by atoms with Gasteiger partial charge in [0.25, 0.3) is 0 Å². The molecule has 1 saturated carbocycles. The molecule has 19 heavy (non-hydrogen) atoms. The van der Waals surface area contributed by atoms with Crippen molar-refractivity contribution in [3.63, 3.8) is 0 Å². The SMILES string of the molecule is O=C(O)c1ccccc1S(=O)(=O)CC1CCCCC1. The molecule has 0 aliphatic heterocycles. The Morgan fingerprint density at radius 2 is 1.79 bits per heavy atom. The molecule has 104 valence electrons. The Kier molecular flexibility index (Phi) is 4.24. The Morgan fingerprint density at radius 3 is 2.42 bits per heavy atom. The summed E-state index contributed by atoms with van der Waals surface area (Å²) in [6.45, 7) is 0. The number of benzene rings is 1. The first kappa shape index (κ1) is 14.1. The highest BCUT2D eigenvalue weighted by Gasteiger charge is 2.26. The van der Waals surface area contributed by atoms with E-state index >= 15 is 0 Å². The van der Waals surface area contributed by atoms with Gasteiger partial charge in [-0.2, -0.15) is 0 Å². The lowest BCUT2D eigenvalue weighted by molar-refractivity contribution is 0.0692. The van der Waals surface area contributed by atoms with Crippen LogP contribution in [0.4, 0.5) is 0 Å². The maximum Gasteiger partial charge on any atom is 0.337 e. The molecule has 1 aromatic carbocycles. The number of aromatic carboxylic acids is 1. The van der Waals surface area contributed by atoms with Crippen molar-refractivity contribution in [2.24, 2.45) is 5.92 Å². The second-order valence-electron chi connectivity index (χ2n) is 5.09. The van der Waals surface area contributed by atoms with Gasteiger partial charge in [0.15, 0.2) is 9.84 Å². The lowest BCUT2D eigenvalue weighted by Gasteiger charge is -2.21. The second-order valence-corrected chi connectivity index (χ2v) is 7.09. The summed E-state index contributed by atoms with van der Waals surface area (Å²) in [5.41, 5.74) is -0.127. The Hall–Kier alpha value is -1.36. The van der Waals surface area contributed by atoms with Crippen molar-refractivity contribution in [3.8, 4) is 0 Å². The van der Waals surface area contributed by atoms with Crippen molar-refractivity contribution in [2.45, 2.75) is 37.0 Å². The van der Waals surface area contributed by atoms with E-state index in [4.69, 9.17) is 5.11 Å². The molecule has 0 unspecified atom stereocenters. The summed E-state index contributed by atoms with van der Waals surface area (Å²) in [6, 6.07) is 5.85.